The van der Waals surface area contributed by atoms with E-state index in [-0.39, 0.29) is 30.9 Å². The molecule has 0 radical (unpaired) electrons. The Balaban J connectivity index is 1.30. The molecule has 2 aliphatic carbocycles. The summed E-state index contributed by atoms with van der Waals surface area (Å²) in [4.78, 5) is 0. The lowest BCUT2D eigenvalue weighted by Crippen LogP contribution is -2.33. The Bertz CT molecular complexity index is 702. The first kappa shape index (κ1) is 26.7. The normalized spacial score (nSPS) is 37.9. The molecule has 0 aromatic heterocycles. The standard InChI is InChI=1S/C31H50O5/c1-2-3-5-14-24-21-26-25(28(22-29(26)34-24)36-31-16-9-11-20-33-31)17-18-27(23-12-6-4-7-13-23)35-30-15-8-10-19-32-30/h14,17-18,23,25-31H,2-13,15-16,19-22H2,1H3/b18-17+,24-14+/t25-,26-,27-,28-,29+,30?,31?/m1/s1. The Morgan fingerprint density at radius 1 is 0.917 bits per heavy atom. The van der Waals surface area contributed by atoms with Crippen molar-refractivity contribution in [3.63, 3.8) is 0 Å². The zero-order valence-electron chi connectivity index (χ0n) is 22.6. The fraction of sp³-hybridized carbons (Fsp3) is 0.871. The summed E-state index contributed by atoms with van der Waals surface area (Å²) in [7, 11) is 0. The quantitative estimate of drug-likeness (QED) is 0.229. The van der Waals surface area contributed by atoms with Crippen LogP contribution in [-0.4, -0.2) is 44.1 Å². The van der Waals surface area contributed by atoms with Crippen LogP contribution in [0.1, 0.15) is 110 Å². The van der Waals surface area contributed by atoms with Crippen LogP contribution in [0.3, 0.4) is 0 Å². The second kappa shape index (κ2) is 13.8. The predicted octanol–water partition coefficient (Wildman–Crippen LogP) is 7.45. The van der Waals surface area contributed by atoms with Gasteiger partial charge in [-0.25, -0.2) is 0 Å². The summed E-state index contributed by atoms with van der Waals surface area (Å²) in [5.41, 5.74) is 0. The maximum absolute atomic E-state index is 6.66. The van der Waals surface area contributed by atoms with Crippen LogP contribution < -0.4 is 0 Å². The van der Waals surface area contributed by atoms with Gasteiger partial charge in [0.05, 0.1) is 18.0 Å². The van der Waals surface area contributed by atoms with Gasteiger partial charge >= 0.3 is 0 Å². The van der Waals surface area contributed by atoms with Gasteiger partial charge in [-0.1, -0.05) is 44.8 Å². The van der Waals surface area contributed by atoms with Gasteiger partial charge in [0, 0.05) is 37.9 Å². The Kier molecular flexibility index (Phi) is 10.2. The molecule has 3 saturated heterocycles. The summed E-state index contributed by atoms with van der Waals surface area (Å²) < 4.78 is 31.7. The number of hydrogen-bond acceptors (Lipinski definition) is 5. The Morgan fingerprint density at radius 2 is 1.67 bits per heavy atom. The largest absolute Gasteiger partial charge is 0.495 e. The first-order valence-corrected chi connectivity index (χ1v) is 15.4. The molecule has 7 atom stereocenters. The molecule has 5 nitrogen and oxygen atoms in total. The minimum Gasteiger partial charge on any atom is -0.495 e. The monoisotopic (exact) mass is 502 g/mol. The van der Waals surface area contributed by atoms with E-state index in [4.69, 9.17) is 23.7 Å². The topological polar surface area (TPSA) is 46.2 Å². The van der Waals surface area contributed by atoms with Crippen molar-refractivity contribution in [3.8, 4) is 0 Å². The van der Waals surface area contributed by atoms with Crippen LogP contribution in [0.4, 0.5) is 0 Å². The van der Waals surface area contributed by atoms with Crippen LogP contribution in [0.5, 0.6) is 0 Å². The molecule has 0 amide bonds. The zero-order chi connectivity index (χ0) is 24.6. The van der Waals surface area contributed by atoms with E-state index >= 15 is 0 Å². The molecule has 0 bridgehead atoms. The van der Waals surface area contributed by atoms with Gasteiger partial charge in [-0.15, -0.1) is 0 Å². The minimum atomic E-state index is -0.0564. The van der Waals surface area contributed by atoms with Crippen molar-refractivity contribution in [1.29, 1.82) is 0 Å². The number of fused-ring (bicyclic) bond motifs is 1. The van der Waals surface area contributed by atoms with E-state index in [0.717, 1.165) is 58.2 Å². The molecule has 5 rings (SSSR count). The summed E-state index contributed by atoms with van der Waals surface area (Å²) in [5.74, 6) is 2.64. The Hall–Kier alpha value is -0.880. The second-order valence-corrected chi connectivity index (χ2v) is 11.8. The minimum absolute atomic E-state index is 0.0442. The third-order valence-electron chi connectivity index (χ3n) is 9.08. The van der Waals surface area contributed by atoms with E-state index in [1.54, 1.807) is 0 Å². The molecule has 0 spiro atoms. The molecule has 204 valence electrons. The highest BCUT2D eigenvalue weighted by molar-refractivity contribution is 5.14. The predicted molar refractivity (Wildman–Crippen MR) is 141 cm³/mol. The third kappa shape index (κ3) is 7.15. The molecule has 5 heteroatoms. The van der Waals surface area contributed by atoms with Gasteiger partial charge in [-0.2, -0.15) is 0 Å². The van der Waals surface area contributed by atoms with Crippen LogP contribution in [0.2, 0.25) is 0 Å². The van der Waals surface area contributed by atoms with Crippen molar-refractivity contribution in [2.45, 2.75) is 141 Å². The van der Waals surface area contributed by atoms with Crippen LogP contribution in [0.25, 0.3) is 0 Å². The summed E-state index contributed by atoms with van der Waals surface area (Å²) in [6.45, 7) is 3.91. The maximum Gasteiger partial charge on any atom is 0.158 e. The molecule has 5 fully saturated rings. The van der Waals surface area contributed by atoms with Crippen molar-refractivity contribution >= 4 is 0 Å². The molecular formula is C31H50O5. The number of ether oxygens (including phenoxy) is 5. The highest BCUT2D eigenvalue weighted by atomic mass is 16.7. The smallest absolute Gasteiger partial charge is 0.158 e. The van der Waals surface area contributed by atoms with Gasteiger partial charge in [0.15, 0.2) is 12.6 Å². The molecule has 5 aliphatic rings. The van der Waals surface area contributed by atoms with Gasteiger partial charge in [0.25, 0.3) is 0 Å². The van der Waals surface area contributed by atoms with Gasteiger partial charge < -0.3 is 23.7 Å². The Morgan fingerprint density at radius 3 is 2.39 bits per heavy atom. The molecule has 2 unspecified atom stereocenters. The van der Waals surface area contributed by atoms with E-state index in [1.807, 2.05) is 0 Å². The lowest BCUT2D eigenvalue weighted by atomic mass is 9.83. The van der Waals surface area contributed by atoms with Crippen LogP contribution in [-0.2, 0) is 23.7 Å². The maximum atomic E-state index is 6.66. The summed E-state index contributed by atoms with van der Waals surface area (Å²) >= 11 is 0. The van der Waals surface area contributed by atoms with Crippen molar-refractivity contribution < 1.29 is 23.7 Å². The fourth-order valence-corrected chi connectivity index (χ4v) is 7.00. The van der Waals surface area contributed by atoms with E-state index in [1.165, 1.54) is 63.5 Å². The molecule has 0 N–H and O–H groups in total. The molecule has 2 saturated carbocycles. The van der Waals surface area contributed by atoms with Crippen molar-refractivity contribution in [2.24, 2.45) is 17.8 Å². The van der Waals surface area contributed by atoms with Gasteiger partial charge in [-0.05, 0) is 76.2 Å². The molecule has 3 heterocycles. The molecular weight excluding hydrogens is 452 g/mol. The number of unbranched alkanes of at least 4 members (excludes halogenated alkanes) is 2. The highest BCUT2D eigenvalue weighted by Gasteiger charge is 2.49. The molecule has 0 aromatic rings. The average Bonchev–Trinajstić information content (AvgIpc) is 3.45. The zero-order valence-corrected chi connectivity index (χ0v) is 22.6. The highest BCUT2D eigenvalue weighted by Crippen LogP contribution is 2.47. The van der Waals surface area contributed by atoms with Crippen molar-refractivity contribution in [2.75, 3.05) is 13.2 Å². The van der Waals surface area contributed by atoms with Crippen LogP contribution in [0, 0.1) is 17.8 Å². The number of hydrogen-bond donors (Lipinski definition) is 0. The molecule has 3 aliphatic heterocycles. The molecule has 36 heavy (non-hydrogen) atoms. The van der Waals surface area contributed by atoms with Crippen LogP contribution >= 0.6 is 0 Å². The summed E-state index contributed by atoms with van der Waals surface area (Å²) in [5, 5.41) is 0. The first-order valence-electron chi connectivity index (χ1n) is 15.4. The van der Waals surface area contributed by atoms with Gasteiger partial charge in [0.2, 0.25) is 0 Å². The first-order chi connectivity index (χ1) is 17.8. The Labute approximate surface area is 219 Å². The van der Waals surface area contributed by atoms with E-state index in [0.29, 0.717) is 17.8 Å². The number of allylic oxidation sites excluding steroid dienone is 2. The lowest BCUT2D eigenvalue weighted by molar-refractivity contribution is -0.194. The van der Waals surface area contributed by atoms with Gasteiger partial charge in [-0.3, -0.25) is 0 Å². The van der Waals surface area contributed by atoms with E-state index in [2.05, 4.69) is 25.2 Å². The van der Waals surface area contributed by atoms with Gasteiger partial charge in [0.1, 0.15) is 6.10 Å². The lowest BCUT2D eigenvalue weighted by Gasteiger charge is -2.33. The molecule has 0 aromatic carbocycles. The fourth-order valence-electron chi connectivity index (χ4n) is 7.00. The SMILES string of the molecule is CCCC/C=C1\C[C@@H]2[C@@H](/C=C/[C@@H](OC3CCCCO3)C3CCCCC3)[C@H](OC3CCCCO3)C[C@@H]2O1. The van der Waals surface area contributed by atoms with E-state index in [9.17, 15) is 0 Å². The van der Waals surface area contributed by atoms with Crippen molar-refractivity contribution in [1.82, 2.24) is 0 Å². The van der Waals surface area contributed by atoms with Crippen molar-refractivity contribution in [3.05, 3.63) is 24.0 Å². The van der Waals surface area contributed by atoms with E-state index < -0.39 is 0 Å². The summed E-state index contributed by atoms with van der Waals surface area (Å²) in [6.07, 6.45) is 26.5. The number of rotatable bonds is 10. The average molecular weight is 503 g/mol. The summed E-state index contributed by atoms with van der Waals surface area (Å²) in [6, 6.07) is 0. The second-order valence-electron chi connectivity index (χ2n) is 11.8. The van der Waals surface area contributed by atoms with Crippen LogP contribution in [0.15, 0.2) is 24.0 Å². The third-order valence-corrected chi connectivity index (χ3v) is 9.08.